The van der Waals surface area contributed by atoms with Gasteiger partial charge >= 0.3 is 0 Å². The van der Waals surface area contributed by atoms with Gasteiger partial charge in [-0.25, -0.2) is 0 Å². The van der Waals surface area contributed by atoms with E-state index in [0.29, 0.717) is 0 Å². The van der Waals surface area contributed by atoms with Crippen LogP contribution in [0.1, 0.15) is 17.7 Å². The van der Waals surface area contributed by atoms with Crippen molar-refractivity contribution in [2.24, 2.45) is 0 Å². The Balaban J connectivity index is 1.76. The fourth-order valence-electron chi connectivity index (χ4n) is 3.77. The van der Waals surface area contributed by atoms with E-state index >= 15 is 0 Å². The Morgan fingerprint density at radius 2 is 1.86 bits per heavy atom. The van der Waals surface area contributed by atoms with E-state index in [2.05, 4.69) is 52.4 Å². The maximum absolute atomic E-state index is 4.41. The predicted octanol–water partition coefficient (Wildman–Crippen LogP) is 4.87. The molecule has 0 unspecified atom stereocenters. The van der Waals surface area contributed by atoms with Gasteiger partial charge in [-0.05, 0) is 41.8 Å². The third-order valence-electron chi connectivity index (χ3n) is 4.83. The lowest BCUT2D eigenvalue weighted by Crippen LogP contribution is -1.84. The van der Waals surface area contributed by atoms with Crippen LogP contribution in [0, 0.1) is 0 Å². The fraction of sp³-hybridized carbons (Fsp3) is 0.150. The van der Waals surface area contributed by atoms with Gasteiger partial charge in [-0.15, -0.1) is 0 Å². The second-order valence-electron chi connectivity index (χ2n) is 6.10. The lowest BCUT2D eigenvalue weighted by molar-refractivity contribution is 0.899. The molecule has 0 aliphatic heterocycles. The molecule has 1 N–H and O–H groups in total. The fourth-order valence-corrected chi connectivity index (χ4v) is 3.77. The first-order chi connectivity index (χ1) is 10.9. The van der Waals surface area contributed by atoms with Crippen LogP contribution in [0.25, 0.3) is 32.8 Å². The topological polar surface area (TPSA) is 28.7 Å². The van der Waals surface area contributed by atoms with Crippen LogP contribution in [0.2, 0.25) is 0 Å². The quantitative estimate of drug-likeness (QED) is 0.530. The predicted molar refractivity (Wildman–Crippen MR) is 91.1 cm³/mol. The summed E-state index contributed by atoms with van der Waals surface area (Å²) in [4.78, 5) is 8.02. The molecule has 22 heavy (non-hydrogen) atoms. The summed E-state index contributed by atoms with van der Waals surface area (Å²) < 4.78 is 0. The summed E-state index contributed by atoms with van der Waals surface area (Å²) in [6, 6.07) is 15.2. The van der Waals surface area contributed by atoms with Crippen LogP contribution in [0.3, 0.4) is 0 Å². The zero-order valence-corrected chi connectivity index (χ0v) is 12.3. The number of benzene rings is 2. The molecule has 0 fully saturated rings. The lowest BCUT2D eigenvalue weighted by atomic mass is 9.99. The number of rotatable bonds is 1. The molecule has 2 aromatic heterocycles. The summed E-state index contributed by atoms with van der Waals surface area (Å²) in [6.07, 6.45) is 7.59. The van der Waals surface area contributed by atoms with E-state index in [1.165, 1.54) is 63.3 Å². The normalized spacial score (nSPS) is 13.8. The summed E-state index contributed by atoms with van der Waals surface area (Å²) in [5, 5.41) is 3.84. The summed E-state index contributed by atoms with van der Waals surface area (Å²) in [6.45, 7) is 0. The largest absolute Gasteiger partial charge is 0.358 e. The van der Waals surface area contributed by atoms with Gasteiger partial charge in [-0.2, -0.15) is 0 Å². The van der Waals surface area contributed by atoms with Gasteiger partial charge in [0.25, 0.3) is 0 Å². The Kier molecular flexibility index (Phi) is 2.42. The van der Waals surface area contributed by atoms with Gasteiger partial charge in [0.2, 0.25) is 0 Å². The maximum Gasteiger partial charge on any atom is 0.0465 e. The Labute approximate surface area is 128 Å². The van der Waals surface area contributed by atoms with Gasteiger partial charge in [0, 0.05) is 39.9 Å². The zero-order chi connectivity index (χ0) is 14.5. The smallest absolute Gasteiger partial charge is 0.0465 e. The third kappa shape index (κ3) is 1.64. The highest BCUT2D eigenvalue weighted by Gasteiger charge is 2.17. The molecule has 2 heteroatoms. The number of hydrogen-bond donors (Lipinski definition) is 1. The Morgan fingerprint density at radius 1 is 0.909 bits per heavy atom. The van der Waals surface area contributed by atoms with Crippen molar-refractivity contribution in [1.29, 1.82) is 0 Å². The Morgan fingerprint density at radius 3 is 2.86 bits per heavy atom. The van der Waals surface area contributed by atoms with E-state index in [1.807, 2.05) is 12.4 Å². The van der Waals surface area contributed by atoms with Crippen molar-refractivity contribution in [2.75, 3.05) is 0 Å². The van der Waals surface area contributed by atoms with Crippen molar-refractivity contribution in [2.45, 2.75) is 19.3 Å². The van der Waals surface area contributed by atoms with Crippen LogP contribution in [-0.4, -0.2) is 9.97 Å². The van der Waals surface area contributed by atoms with Crippen LogP contribution < -0.4 is 0 Å². The number of aromatic amines is 1. The molecule has 0 amide bonds. The number of aryl methyl sites for hydroxylation is 2. The van der Waals surface area contributed by atoms with Crippen LogP contribution in [-0.2, 0) is 12.8 Å². The van der Waals surface area contributed by atoms with Gasteiger partial charge in [0.15, 0.2) is 0 Å². The molecule has 106 valence electrons. The van der Waals surface area contributed by atoms with Gasteiger partial charge in [-0.3, -0.25) is 4.98 Å². The van der Waals surface area contributed by atoms with Crippen molar-refractivity contribution in [1.82, 2.24) is 9.97 Å². The molecule has 0 saturated heterocycles. The minimum Gasteiger partial charge on any atom is -0.358 e. The second-order valence-corrected chi connectivity index (χ2v) is 6.10. The second kappa shape index (κ2) is 4.44. The van der Waals surface area contributed by atoms with Crippen molar-refractivity contribution in [3.8, 4) is 11.1 Å². The highest BCUT2D eigenvalue weighted by molar-refractivity contribution is 5.98. The van der Waals surface area contributed by atoms with Crippen molar-refractivity contribution in [3.05, 3.63) is 66.1 Å². The van der Waals surface area contributed by atoms with E-state index in [-0.39, 0.29) is 0 Å². The van der Waals surface area contributed by atoms with Crippen molar-refractivity contribution in [3.63, 3.8) is 0 Å². The summed E-state index contributed by atoms with van der Waals surface area (Å²) in [5.41, 5.74) is 6.66. The van der Waals surface area contributed by atoms with Gasteiger partial charge in [0.05, 0.1) is 0 Å². The number of H-pyrrole nitrogens is 1. The average molecular weight is 284 g/mol. The number of nitrogens with one attached hydrogen (secondary N) is 1. The van der Waals surface area contributed by atoms with Crippen molar-refractivity contribution < 1.29 is 0 Å². The average Bonchev–Trinajstić information content (AvgIpc) is 3.14. The van der Waals surface area contributed by atoms with E-state index in [1.54, 1.807) is 0 Å². The molecular formula is C20H16N2. The van der Waals surface area contributed by atoms with Gasteiger partial charge in [-0.1, -0.05) is 36.4 Å². The third-order valence-corrected chi connectivity index (χ3v) is 4.83. The molecule has 0 atom stereocenters. The number of aromatic nitrogens is 2. The van der Waals surface area contributed by atoms with E-state index in [4.69, 9.17) is 0 Å². The first-order valence-corrected chi connectivity index (χ1v) is 7.87. The minimum absolute atomic E-state index is 1.19. The Hall–Kier alpha value is -2.61. The molecule has 2 aromatic carbocycles. The monoisotopic (exact) mass is 284 g/mol. The van der Waals surface area contributed by atoms with Gasteiger partial charge < -0.3 is 4.98 Å². The molecule has 4 aromatic rings. The first-order valence-electron chi connectivity index (χ1n) is 7.87. The first kappa shape index (κ1) is 12.0. The zero-order valence-electron chi connectivity index (χ0n) is 12.3. The van der Waals surface area contributed by atoms with Gasteiger partial charge in [0.1, 0.15) is 0 Å². The lowest BCUT2D eigenvalue weighted by Gasteiger charge is -2.06. The number of nitrogens with zero attached hydrogens (tertiary/aromatic N) is 1. The molecule has 1 aliphatic carbocycles. The highest BCUT2D eigenvalue weighted by atomic mass is 14.7. The van der Waals surface area contributed by atoms with E-state index in [9.17, 15) is 0 Å². The molecule has 0 spiro atoms. The molecule has 1 aliphatic rings. The molecule has 0 radical (unpaired) electrons. The maximum atomic E-state index is 4.41. The Bertz CT molecular complexity index is 1010. The van der Waals surface area contributed by atoms with Crippen LogP contribution in [0.4, 0.5) is 0 Å². The number of fused-ring (bicyclic) bond motifs is 4. The molecular weight excluding hydrogens is 268 g/mol. The molecule has 0 bridgehead atoms. The highest BCUT2D eigenvalue weighted by Crippen LogP contribution is 2.34. The van der Waals surface area contributed by atoms with Crippen LogP contribution in [0.5, 0.6) is 0 Å². The summed E-state index contributed by atoms with van der Waals surface area (Å²) in [5.74, 6) is 0. The van der Waals surface area contributed by atoms with E-state index in [0.717, 1.165) is 0 Å². The summed E-state index contributed by atoms with van der Waals surface area (Å²) in [7, 11) is 0. The molecule has 5 rings (SSSR count). The summed E-state index contributed by atoms with van der Waals surface area (Å²) >= 11 is 0. The number of hydrogen-bond acceptors (Lipinski definition) is 1. The standard InChI is InChI=1S/C20H16N2/c1-2-5-15-14(4-1)11-21-12-18(15)13-8-9-17-16-6-3-7-19(16)22-20(17)10-13/h1-2,4-5,8-12,22H,3,6-7H2. The minimum atomic E-state index is 1.19. The number of pyridine rings is 1. The van der Waals surface area contributed by atoms with Crippen LogP contribution in [0.15, 0.2) is 54.9 Å². The van der Waals surface area contributed by atoms with Crippen LogP contribution >= 0.6 is 0 Å². The molecule has 0 saturated carbocycles. The van der Waals surface area contributed by atoms with Crippen molar-refractivity contribution >= 4 is 21.7 Å². The van der Waals surface area contributed by atoms with E-state index < -0.39 is 0 Å². The SMILES string of the molecule is c1ccc2c(-c3ccc4c5c([nH]c4c3)CCC5)cncc2c1. The molecule has 2 heterocycles. The molecule has 2 nitrogen and oxygen atoms in total.